The second-order valence-corrected chi connectivity index (χ2v) is 7.44. The van der Waals surface area contributed by atoms with Crippen LogP contribution in [0.3, 0.4) is 0 Å². The Kier molecular flexibility index (Phi) is 4.30. The van der Waals surface area contributed by atoms with Crippen LogP contribution in [0.15, 0.2) is 47.3 Å². The number of benzene rings is 2. The molecular formula is C21H22N4O3. The third-order valence-corrected chi connectivity index (χ3v) is 5.39. The molecule has 7 nitrogen and oxygen atoms in total. The first-order valence-corrected chi connectivity index (χ1v) is 9.23. The molecule has 3 aromatic rings. The Morgan fingerprint density at radius 2 is 1.54 bits per heavy atom. The minimum atomic E-state index is -0.256. The highest BCUT2D eigenvalue weighted by atomic mass is 16.2. The molecule has 28 heavy (non-hydrogen) atoms. The van der Waals surface area contributed by atoms with E-state index < -0.39 is 0 Å². The SMILES string of the molecule is C[C@@H]1C[C@@H]1C(=O)Nc1ccc(C(=O)Nc2ccc3c(c2)n(C)c(=O)n3C)cc1. The summed E-state index contributed by atoms with van der Waals surface area (Å²) in [5.74, 6) is 0.332. The van der Waals surface area contributed by atoms with E-state index in [0.29, 0.717) is 22.9 Å². The van der Waals surface area contributed by atoms with Crippen molar-refractivity contribution < 1.29 is 9.59 Å². The molecule has 2 atom stereocenters. The topological polar surface area (TPSA) is 85.1 Å². The van der Waals surface area contributed by atoms with Crippen LogP contribution in [0, 0.1) is 11.8 Å². The number of nitrogens with zero attached hydrogens (tertiary/aromatic N) is 2. The Morgan fingerprint density at radius 1 is 0.929 bits per heavy atom. The van der Waals surface area contributed by atoms with Gasteiger partial charge in [0.1, 0.15) is 0 Å². The van der Waals surface area contributed by atoms with Crippen molar-refractivity contribution in [3.63, 3.8) is 0 Å². The molecule has 0 radical (unpaired) electrons. The Morgan fingerprint density at radius 3 is 2.18 bits per heavy atom. The number of aryl methyl sites for hydroxylation is 2. The van der Waals surface area contributed by atoms with E-state index in [2.05, 4.69) is 17.6 Å². The molecule has 1 aromatic heterocycles. The number of aromatic nitrogens is 2. The van der Waals surface area contributed by atoms with Crippen LogP contribution in [-0.2, 0) is 18.9 Å². The van der Waals surface area contributed by atoms with Crippen molar-refractivity contribution in [2.75, 3.05) is 10.6 Å². The average molecular weight is 378 g/mol. The molecule has 1 fully saturated rings. The molecule has 1 saturated carbocycles. The van der Waals surface area contributed by atoms with Crippen LogP contribution >= 0.6 is 0 Å². The highest BCUT2D eigenvalue weighted by Gasteiger charge is 2.39. The molecule has 0 saturated heterocycles. The van der Waals surface area contributed by atoms with E-state index in [1.165, 1.54) is 0 Å². The van der Waals surface area contributed by atoms with Gasteiger partial charge in [0.25, 0.3) is 5.91 Å². The maximum Gasteiger partial charge on any atom is 0.328 e. The van der Waals surface area contributed by atoms with Crippen molar-refractivity contribution in [2.24, 2.45) is 25.9 Å². The van der Waals surface area contributed by atoms with Crippen LogP contribution < -0.4 is 16.3 Å². The minimum Gasteiger partial charge on any atom is -0.326 e. The van der Waals surface area contributed by atoms with Gasteiger partial charge >= 0.3 is 5.69 Å². The smallest absolute Gasteiger partial charge is 0.326 e. The summed E-state index contributed by atoms with van der Waals surface area (Å²) >= 11 is 0. The first-order chi connectivity index (χ1) is 13.3. The lowest BCUT2D eigenvalue weighted by atomic mass is 10.1. The minimum absolute atomic E-state index is 0.0338. The number of amides is 2. The van der Waals surface area contributed by atoms with Crippen LogP contribution in [0.5, 0.6) is 0 Å². The standard InChI is InChI=1S/C21H22N4O3/c1-12-10-16(12)20(27)22-14-6-4-13(5-7-14)19(26)23-15-8-9-17-18(11-15)25(3)21(28)24(17)2/h4-9,11-12,16H,10H2,1-3H3,(H,22,27)(H,23,26)/t12-,16+/m1/s1. The molecule has 144 valence electrons. The van der Waals surface area contributed by atoms with Crippen molar-refractivity contribution >= 4 is 34.2 Å². The number of carbonyl (C=O) groups excluding carboxylic acids is 2. The van der Waals surface area contributed by atoms with Gasteiger partial charge in [-0.3, -0.25) is 18.7 Å². The van der Waals surface area contributed by atoms with Gasteiger partial charge in [-0.25, -0.2) is 4.79 Å². The number of anilines is 2. The van der Waals surface area contributed by atoms with Gasteiger partial charge in [-0.05, 0) is 54.8 Å². The van der Waals surface area contributed by atoms with E-state index in [0.717, 1.165) is 17.5 Å². The summed E-state index contributed by atoms with van der Waals surface area (Å²) in [7, 11) is 3.42. The molecule has 4 rings (SSSR count). The Hall–Kier alpha value is -3.35. The molecule has 0 aliphatic heterocycles. The Balaban J connectivity index is 1.47. The van der Waals surface area contributed by atoms with E-state index in [1.807, 2.05) is 6.07 Å². The second kappa shape index (κ2) is 6.67. The molecule has 1 aliphatic carbocycles. The highest BCUT2D eigenvalue weighted by Crippen LogP contribution is 2.38. The second-order valence-electron chi connectivity index (χ2n) is 7.44. The van der Waals surface area contributed by atoms with E-state index in [9.17, 15) is 14.4 Å². The number of nitrogens with one attached hydrogen (secondary N) is 2. The molecule has 2 N–H and O–H groups in total. The monoisotopic (exact) mass is 378 g/mol. The van der Waals surface area contributed by atoms with E-state index in [-0.39, 0.29) is 23.4 Å². The van der Waals surface area contributed by atoms with Crippen molar-refractivity contribution in [2.45, 2.75) is 13.3 Å². The summed E-state index contributed by atoms with van der Waals surface area (Å²) in [5.41, 5.74) is 3.21. The molecule has 0 spiro atoms. The van der Waals surface area contributed by atoms with Gasteiger partial charge in [0.2, 0.25) is 5.91 Å². The normalized spacial score (nSPS) is 18.1. The zero-order chi connectivity index (χ0) is 20.0. The average Bonchev–Trinajstić information content (AvgIpc) is 3.39. The number of hydrogen-bond donors (Lipinski definition) is 2. The summed E-state index contributed by atoms with van der Waals surface area (Å²) < 4.78 is 3.11. The fourth-order valence-corrected chi connectivity index (χ4v) is 3.42. The van der Waals surface area contributed by atoms with Gasteiger partial charge in [-0.1, -0.05) is 6.92 Å². The first-order valence-electron chi connectivity index (χ1n) is 9.23. The van der Waals surface area contributed by atoms with Crippen LogP contribution in [0.2, 0.25) is 0 Å². The Labute approximate surface area is 162 Å². The van der Waals surface area contributed by atoms with Crippen molar-refractivity contribution in [1.82, 2.24) is 9.13 Å². The summed E-state index contributed by atoms with van der Waals surface area (Å²) in [6, 6.07) is 12.2. The number of rotatable bonds is 4. The van der Waals surface area contributed by atoms with E-state index in [4.69, 9.17) is 0 Å². The van der Waals surface area contributed by atoms with Crippen molar-refractivity contribution in [1.29, 1.82) is 0 Å². The molecule has 2 amide bonds. The van der Waals surface area contributed by atoms with Crippen LogP contribution in [0.25, 0.3) is 11.0 Å². The predicted molar refractivity (Wildman–Crippen MR) is 108 cm³/mol. The fraction of sp³-hybridized carbons (Fsp3) is 0.286. The molecule has 0 unspecified atom stereocenters. The van der Waals surface area contributed by atoms with Gasteiger partial charge < -0.3 is 10.6 Å². The Bertz CT molecular complexity index is 1140. The van der Waals surface area contributed by atoms with Gasteiger partial charge in [-0.2, -0.15) is 0 Å². The molecule has 2 aromatic carbocycles. The number of hydrogen-bond acceptors (Lipinski definition) is 3. The molecule has 0 bridgehead atoms. The first kappa shape index (κ1) is 18.0. The summed E-state index contributed by atoms with van der Waals surface area (Å²) in [4.78, 5) is 36.5. The maximum absolute atomic E-state index is 12.5. The van der Waals surface area contributed by atoms with Crippen molar-refractivity contribution in [3.05, 3.63) is 58.5 Å². The third-order valence-electron chi connectivity index (χ3n) is 5.39. The van der Waals surface area contributed by atoms with Crippen LogP contribution in [0.1, 0.15) is 23.7 Å². The number of carbonyl (C=O) groups is 2. The summed E-state index contributed by atoms with van der Waals surface area (Å²) in [6.07, 6.45) is 0.934. The number of fused-ring (bicyclic) bond motifs is 1. The zero-order valence-corrected chi connectivity index (χ0v) is 16.0. The van der Waals surface area contributed by atoms with E-state index >= 15 is 0 Å². The lowest BCUT2D eigenvalue weighted by Gasteiger charge is -2.08. The maximum atomic E-state index is 12.5. The fourth-order valence-electron chi connectivity index (χ4n) is 3.42. The lowest BCUT2D eigenvalue weighted by Crippen LogP contribution is -2.19. The van der Waals surface area contributed by atoms with Crippen LogP contribution in [-0.4, -0.2) is 20.9 Å². The summed E-state index contributed by atoms with van der Waals surface area (Å²) in [6.45, 7) is 2.06. The third kappa shape index (κ3) is 3.19. The van der Waals surface area contributed by atoms with Gasteiger partial charge in [0.15, 0.2) is 0 Å². The quantitative estimate of drug-likeness (QED) is 0.732. The molecule has 1 aliphatic rings. The molecular weight excluding hydrogens is 356 g/mol. The van der Waals surface area contributed by atoms with Crippen LogP contribution in [0.4, 0.5) is 11.4 Å². The summed E-state index contributed by atoms with van der Waals surface area (Å²) in [5, 5.41) is 5.73. The van der Waals surface area contributed by atoms with Gasteiger partial charge in [0.05, 0.1) is 11.0 Å². The molecule has 7 heteroatoms. The lowest BCUT2D eigenvalue weighted by molar-refractivity contribution is -0.117. The van der Waals surface area contributed by atoms with Crippen molar-refractivity contribution in [3.8, 4) is 0 Å². The highest BCUT2D eigenvalue weighted by molar-refractivity contribution is 6.05. The predicted octanol–water partition coefficient (Wildman–Crippen LogP) is 2.72. The number of imidazole rings is 1. The zero-order valence-electron chi connectivity index (χ0n) is 16.0. The molecule has 1 heterocycles. The van der Waals surface area contributed by atoms with Gasteiger partial charge in [-0.15, -0.1) is 0 Å². The largest absolute Gasteiger partial charge is 0.328 e. The van der Waals surface area contributed by atoms with E-state index in [1.54, 1.807) is 59.6 Å². The van der Waals surface area contributed by atoms with Gasteiger partial charge in [0, 0.05) is 37.0 Å².